The molecule has 0 bridgehead atoms. The molecule has 0 aromatic carbocycles. The Balaban J connectivity index is 1.80. The molecule has 0 aliphatic heterocycles. The Morgan fingerprint density at radius 3 is 2.85 bits per heavy atom. The molecular weight excluding hydrogens is 368 g/mol. The molecule has 0 atom stereocenters. The van der Waals surface area contributed by atoms with Crippen molar-refractivity contribution in [2.45, 2.75) is 19.8 Å². The fraction of sp³-hybridized carbons (Fsp3) is 0.333. The van der Waals surface area contributed by atoms with Crippen LogP contribution in [0.4, 0.5) is 10.9 Å². The molecule has 9 heteroatoms. The van der Waals surface area contributed by atoms with Crippen LogP contribution in [-0.4, -0.2) is 47.0 Å². The standard InChI is InChI=1S/C18H20N4O4S/c1-10(23)21-18-22-13-5-4-12(16(25)17(13)27-18)15(24)11-3-6-14(20-9-11)19-7-8-26-2/h3,6,9,24H,4-5,7-8H2,1-2H3,(H,19,20)(H,21,22,23). The maximum atomic E-state index is 12.8. The van der Waals surface area contributed by atoms with Gasteiger partial charge in [0.25, 0.3) is 0 Å². The monoisotopic (exact) mass is 388 g/mol. The van der Waals surface area contributed by atoms with E-state index in [1.807, 2.05) is 0 Å². The van der Waals surface area contributed by atoms with Crippen molar-refractivity contribution >= 4 is 39.7 Å². The van der Waals surface area contributed by atoms with E-state index in [0.29, 0.717) is 58.7 Å². The lowest BCUT2D eigenvalue weighted by Crippen LogP contribution is -2.14. The average Bonchev–Trinajstić information content (AvgIpc) is 3.05. The zero-order chi connectivity index (χ0) is 19.4. The number of thiazole rings is 1. The number of fused-ring (bicyclic) bond motifs is 1. The van der Waals surface area contributed by atoms with E-state index in [0.717, 1.165) is 11.3 Å². The Bertz CT molecular complexity index is 889. The number of nitrogens with zero attached hydrogens (tertiary/aromatic N) is 2. The minimum atomic E-state index is -0.259. The largest absolute Gasteiger partial charge is 0.507 e. The number of carbonyl (C=O) groups excluding carboxylic acids is 2. The van der Waals surface area contributed by atoms with E-state index in [1.165, 1.54) is 13.1 Å². The second-order valence-corrected chi connectivity index (χ2v) is 6.98. The van der Waals surface area contributed by atoms with Crippen molar-refractivity contribution in [3.8, 4) is 0 Å². The van der Waals surface area contributed by atoms with Crippen molar-refractivity contribution in [2.24, 2.45) is 0 Å². The number of anilines is 2. The van der Waals surface area contributed by atoms with E-state index < -0.39 is 0 Å². The Morgan fingerprint density at radius 1 is 1.37 bits per heavy atom. The third-order valence-electron chi connectivity index (χ3n) is 4.01. The van der Waals surface area contributed by atoms with Gasteiger partial charge < -0.3 is 20.5 Å². The topological polar surface area (TPSA) is 113 Å². The van der Waals surface area contributed by atoms with Crippen LogP contribution >= 0.6 is 11.3 Å². The van der Waals surface area contributed by atoms with Crippen LogP contribution in [-0.2, 0) is 16.0 Å². The molecule has 2 aromatic heterocycles. The summed E-state index contributed by atoms with van der Waals surface area (Å²) in [5.41, 5.74) is 1.47. The number of pyridine rings is 1. The Labute approximate surface area is 160 Å². The number of aliphatic hydroxyl groups is 1. The summed E-state index contributed by atoms with van der Waals surface area (Å²) in [6, 6.07) is 3.45. The maximum Gasteiger partial charge on any atom is 0.223 e. The third-order valence-corrected chi connectivity index (χ3v) is 5.02. The first-order valence-electron chi connectivity index (χ1n) is 8.43. The SMILES string of the molecule is COCCNc1ccc(C(O)=C2CCc3nc(NC(C)=O)sc3C2=O)cn1. The van der Waals surface area contributed by atoms with Crippen molar-refractivity contribution in [3.05, 3.63) is 40.0 Å². The van der Waals surface area contributed by atoms with Crippen molar-refractivity contribution in [3.63, 3.8) is 0 Å². The molecule has 0 radical (unpaired) electrons. The van der Waals surface area contributed by atoms with Crippen molar-refractivity contribution < 1.29 is 19.4 Å². The highest BCUT2D eigenvalue weighted by molar-refractivity contribution is 7.18. The first-order valence-corrected chi connectivity index (χ1v) is 9.24. The van der Waals surface area contributed by atoms with Gasteiger partial charge in [-0.3, -0.25) is 9.59 Å². The first-order chi connectivity index (χ1) is 13.0. The molecule has 2 heterocycles. The molecule has 8 nitrogen and oxygen atoms in total. The second kappa shape index (κ2) is 8.28. The van der Waals surface area contributed by atoms with Gasteiger partial charge in [-0.05, 0) is 25.0 Å². The van der Waals surface area contributed by atoms with Gasteiger partial charge in [-0.15, -0.1) is 0 Å². The van der Waals surface area contributed by atoms with Crippen LogP contribution in [0.2, 0.25) is 0 Å². The number of allylic oxidation sites excluding steroid dienone is 1. The summed E-state index contributed by atoms with van der Waals surface area (Å²) in [6.45, 7) is 2.57. The molecule has 3 rings (SSSR count). The van der Waals surface area contributed by atoms with Gasteiger partial charge in [0.05, 0.1) is 12.3 Å². The second-order valence-electron chi connectivity index (χ2n) is 5.98. The van der Waals surface area contributed by atoms with E-state index in [1.54, 1.807) is 19.2 Å². The van der Waals surface area contributed by atoms with Gasteiger partial charge in [0, 0.05) is 37.9 Å². The van der Waals surface area contributed by atoms with Gasteiger partial charge in [0.2, 0.25) is 11.7 Å². The highest BCUT2D eigenvalue weighted by atomic mass is 32.1. The average molecular weight is 388 g/mol. The smallest absolute Gasteiger partial charge is 0.223 e. The molecular formula is C18H20N4O4S. The number of aromatic nitrogens is 2. The number of carbonyl (C=O) groups is 2. The van der Waals surface area contributed by atoms with Crippen molar-refractivity contribution in [1.82, 2.24) is 9.97 Å². The predicted molar refractivity (Wildman–Crippen MR) is 103 cm³/mol. The number of nitrogens with one attached hydrogen (secondary N) is 2. The zero-order valence-corrected chi connectivity index (χ0v) is 15.9. The number of rotatable bonds is 6. The van der Waals surface area contributed by atoms with E-state index in [2.05, 4.69) is 20.6 Å². The lowest BCUT2D eigenvalue weighted by Gasteiger charge is -2.14. The molecule has 1 aliphatic rings. The Morgan fingerprint density at radius 2 is 2.19 bits per heavy atom. The summed E-state index contributed by atoms with van der Waals surface area (Å²) in [4.78, 5) is 32.9. The van der Waals surface area contributed by atoms with Gasteiger partial charge >= 0.3 is 0 Å². The number of aryl methyl sites for hydroxylation is 1. The molecule has 1 aliphatic carbocycles. The van der Waals surface area contributed by atoms with Crippen LogP contribution in [0.15, 0.2) is 23.9 Å². The van der Waals surface area contributed by atoms with Crippen LogP contribution in [0, 0.1) is 0 Å². The maximum absolute atomic E-state index is 12.8. The van der Waals surface area contributed by atoms with E-state index in [4.69, 9.17) is 4.74 Å². The number of Topliss-reactive ketones (excluding diaryl/α,β-unsaturated/α-hetero) is 1. The highest BCUT2D eigenvalue weighted by Gasteiger charge is 2.29. The van der Waals surface area contributed by atoms with Gasteiger partial charge in [0.1, 0.15) is 16.5 Å². The number of ketones is 1. The number of amides is 1. The van der Waals surface area contributed by atoms with Crippen LogP contribution in [0.1, 0.15) is 34.3 Å². The van der Waals surface area contributed by atoms with Crippen molar-refractivity contribution in [1.29, 1.82) is 0 Å². The van der Waals surface area contributed by atoms with Gasteiger partial charge in [-0.2, -0.15) is 0 Å². The van der Waals surface area contributed by atoms with Crippen LogP contribution in [0.25, 0.3) is 5.76 Å². The van der Waals surface area contributed by atoms with Gasteiger partial charge in [-0.25, -0.2) is 9.97 Å². The quantitative estimate of drug-likeness (QED) is 0.396. The van der Waals surface area contributed by atoms with Gasteiger partial charge in [-0.1, -0.05) is 11.3 Å². The molecule has 1 amide bonds. The van der Waals surface area contributed by atoms with Gasteiger partial charge in [0.15, 0.2) is 5.13 Å². The molecule has 0 unspecified atom stereocenters. The van der Waals surface area contributed by atoms with Crippen LogP contribution < -0.4 is 10.6 Å². The number of methoxy groups -OCH3 is 1. The molecule has 0 fully saturated rings. The number of hydrogen-bond donors (Lipinski definition) is 3. The highest BCUT2D eigenvalue weighted by Crippen LogP contribution is 2.34. The molecule has 142 valence electrons. The minimum Gasteiger partial charge on any atom is -0.507 e. The van der Waals surface area contributed by atoms with Crippen molar-refractivity contribution in [2.75, 3.05) is 30.9 Å². The Hall–Kier alpha value is -2.78. The molecule has 27 heavy (non-hydrogen) atoms. The zero-order valence-electron chi connectivity index (χ0n) is 15.0. The van der Waals surface area contributed by atoms with E-state index in [9.17, 15) is 14.7 Å². The fourth-order valence-corrected chi connectivity index (χ4v) is 3.74. The van der Waals surface area contributed by atoms with E-state index in [-0.39, 0.29) is 17.4 Å². The summed E-state index contributed by atoms with van der Waals surface area (Å²) >= 11 is 1.13. The lowest BCUT2D eigenvalue weighted by atomic mass is 9.93. The summed E-state index contributed by atoms with van der Waals surface area (Å²) in [7, 11) is 1.62. The predicted octanol–water partition coefficient (Wildman–Crippen LogP) is 2.65. The first kappa shape index (κ1) is 19.0. The Kier molecular flexibility index (Phi) is 5.82. The van der Waals surface area contributed by atoms with Crippen LogP contribution in [0.5, 0.6) is 0 Å². The normalized spacial score (nSPS) is 15.3. The number of hydrogen-bond acceptors (Lipinski definition) is 8. The molecule has 3 N–H and O–H groups in total. The summed E-state index contributed by atoms with van der Waals surface area (Å²) in [5.74, 6) is 0.0897. The molecule has 0 saturated heterocycles. The number of ether oxygens (including phenoxy) is 1. The van der Waals surface area contributed by atoms with E-state index >= 15 is 0 Å². The number of aliphatic hydroxyl groups excluding tert-OH is 1. The lowest BCUT2D eigenvalue weighted by molar-refractivity contribution is -0.114. The third kappa shape index (κ3) is 4.32. The minimum absolute atomic E-state index is 0.0731. The molecule has 2 aromatic rings. The fourth-order valence-electron chi connectivity index (χ4n) is 2.72. The summed E-state index contributed by atoms with van der Waals surface area (Å²) < 4.78 is 4.97. The molecule has 0 saturated carbocycles. The summed E-state index contributed by atoms with van der Waals surface area (Å²) in [6.07, 6.45) is 2.44. The van der Waals surface area contributed by atoms with Crippen LogP contribution in [0.3, 0.4) is 0 Å². The molecule has 0 spiro atoms. The summed E-state index contributed by atoms with van der Waals surface area (Å²) in [5, 5.41) is 16.7.